The van der Waals surface area contributed by atoms with Crippen molar-refractivity contribution in [2.75, 3.05) is 6.54 Å². The lowest BCUT2D eigenvalue weighted by Gasteiger charge is -2.38. The number of hydrogen-bond donors (Lipinski definition) is 2. The lowest BCUT2D eigenvalue weighted by atomic mass is 9.75. The van der Waals surface area contributed by atoms with Crippen LogP contribution in [0, 0.1) is 0 Å². The van der Waals surface area contributed by atoms with Gasteiger partial charge in [-0.15, -0.1) is 0 Å². The second-order valence-electron chi connectivity index (χ2n) is 7.37. The van der Waals surface area contributed by atoms with E-state index in [0.29, 0.717) is 18.5 Å². The van der Waals surface area contributed by atoms with E-state index in [-0.39, 0.29) is 12.1 Å². The maximum absolute atomic E-state index is 11.6. The maximum atomic E-state index is 11.6. The van der Waals surface area contributed by atoms with Crippen molar-refractivity contribution < 1.29 is 9.53 Å². The molecule has 0 aromatic heterocycles. The highest BCUT2D eigenvalue weighted by Crippen LogP contribution is 2.37. The van der Waals surface area contributed by atoms with Crippen molar-refractivity contribution >= 4 is 22.0 Å². The summed E-state index contributed by atoms with van der Waals surface area (Å²) in [5, 5.41) is 6.38. The Hall–Kier alpha value is -1.07. The fourth-order valence-corrected chi connectivity index (χ4v) is 3.22. The number of rotatable bonds is 5. The van der Waals surface area contributed by atoms with Gasteiger partial charge >= 0.3 is 6.09 Å². The lowest BCUT2D eigenvalue weighted by Crippen LogP contribution is -2.49. The van der Waals surface area contributed by atoms with Gasteiger partial charge in [-0.05, 0) is 64.2 Å². The van der Waals surface area contributed by atoms with Crippen molar-refractivity contribution in [3.05, 3.63) is 34.3 Å². The standard InChI is InChI=1S/C18H27BrN2O2/c1-12(11-20-17(22)23-18(2,3)4)21-16-9-14(10-16)13-6-5-7-15(19)8-13/h5-8,12,14,16,21H,9-11H2,1-4H3,(H,20,22). The number of nitrogens with one attached hydrogen (secondary N) is 2. The second-order valence-corrected chi connectivity index (χ2v) is 8.29. The third-order valence-corrected chi connectivity index (χ3v) is 4.42. The molecule has 5 heteroatoms. The average Bonchev–Trinajstić information content (AvgIpc) is 2.38. The molecule has 2 rings (SSSR count). The van der Waals surface area contributed by atoms with Crippen LogP contribution >= 0.6 is 15.9 Å². The van der Waals surface area contributed by atoms with E-state index in [9.17, 15) is 4.79 Å². The van der Waals surface area contributed by atoms with Gasteiger partial charge in [0.1, 0.15) is 5.60 Å². The predicted molar refractivity (Wildman–Crippen MR) is 96.7 cm³/mol. The third kappa shape index (κ3) is 6.15. The van der Waals surface area contributed by atoms with Gasteiger partial charge in [0.2, 0.25) is 0 Å². The number of carbonyl (C=O) groups excluding carboxylic acids is 1. The Morgan fingerprint density at radius 1 is 1.39 bits per heavy atom. The topological polar surface area (TPSA) is 50.4 Å². The van der Waals surface area contributed by atoms with Crippen LogP contribution in [-0.2, 0) is 4.74 Å². The van der Waals surface area contributed by atoms with Crippen LogP contribution in [0.3, 0.4) is 0 Å². The summed E-state index contributed by atoms with van der Waals surface area (Å²) in [6, 6.07) is 9.30. The summed E-state index contributed by atoms with van der Waals surface area (Å²) in [4.78, 5) is 11.6. The van der Waals surface area contributed by atoms with Crippen LogP contribution in [0.2, 0.25) is 0 Å². The van der Waals surface area contributed by atoms with Crippen LogP contribution in [0.25, 0.3) is 0 Å². The van der Waals surface area contributed by atoms with E-state index in [1.165, 1.54) is 5.56 Å². The van der Waals surface area contributed by atoms with E-state index in [1.807, 2.05) is 20.8 Å². The molecule has 1 saturated carbocycles. The van der Waals surface area contributed by atoms with Crippen LogP contribution in [0.5, 0.6) is 0 Å². The van der Waals surface area contributed by atoms with Crippen LogP contribution in [0.15, 0.2) is 28.7 Å². The van der Waals surface area contributed by atoms with Crippen LogP contribution < -0.4 is 10.6 Å². The molecule has 128 valence electrons. The van der Waals surface area contributed by atoms with Gasteiger partial charge in [-0.2, -0.15) is 0 Å². The number of amides is 1. The van der Waals surface area contributed by atoms with Crippen molar-refractivity contribution in [1.29, 1.82) is 0 Å². The molecule has 0 aliphatic heterocycles. The molecule has 1 aromatic rings. The molecule has 1 amide bonds. The molecule has 1 aliphatic rings. The van der Waals surface area contributed by atoms with Gasteiger partial charge in [-0.3, -0.25) is 0 Å². The van der Waals surface area contributed by atoms with Crippen molar-refractivity contribution in [2.24, 2.45) is 0 Å². The van der Waals surface area contributed by atoms with Crippen LogP contribution in [-0.4, -0.2) is 30.3 Å². The Morgan fingerprint density at radius 2 is 2.09 bits per heavy atom. The van der Waals surface area contributed by atoms with Gasteiger partial charge in [0.25, 0.3) is 0 Å². The first-order chi connectivity index (χ1) is 10.7. The molecule has 0 heterocycles. The van der Waals surface area contributed by atoms with Gasteiger partial charge in [0.05, 0.1) is 0 Å². The zero-order valence-corrected chi connectivity index (χ0v) is 15.9. The van der Waals surface area contributed by atoms with E-state index >= 15 is 0 Å². The van der Waals surface area contributed by atoms with Crippen LogP contribution in [0.1, 0.15) is 52.0 Å². The Labute approximate surface area is 147 Å². The zero-order valence-electron chi connectivity index (χ0n) is 14.4. The highest BCUT2D eigenvalue weighted by atomic mass is 79.9. The summed E-state index contributed by atoms with van der Waals surface area (Å²) in [5.74, 6) is 0.635. The average molecular weight is 383 g/mol. The first-order valence-corrected chi connectivity index (χ1v) is 9.00. The lowest BCUT2D eigenvalue weighted by molar-refractivity contribution is 0.0521. The molecular weight excluding hydrogens is 356 g/mol. The van der Waals surface area contributed by atoms with Gasteiger partial charge in [0, 0.05) is 23.1 Å². The molecule has 0 saturated heterocycles. The summed E-state index contributed by atoms with van der Waals surface area (Å²) in [5.41, 5.74) is 0.947. The first kappa shape index (κ1) is 18.3. The molecule has 2 N–H and O–H groups in total. The maximum Gasteiger partial charge on any atom is 0.407 e. The van der Waals surface area contributed by atoms with E-state index in [1.54, 1.807) is 0 Å². The van der Waals surface area contributed by atoms with Gasteiger partial charge in [0.15, 0.2) is 0 Å². The Balaban J connectivity index is 1.66. The van der Waals surface area contributed by atoms with E-state index < -0.39 is 5.60 Å². The summed E-state index contributed by atoms with van der Waals surface area (Å²) >= 11 is 3.53. The molecule has 4 nitrogen and oxygen atoms in total. The molecule has 1 atom stereocenters. The molecule has 1 aromatic carbocycles. The van der Waals surface area contributed by atoms with Crippen molar-refractivity contribution in [3.8, 4) is 0 Å². The second kappa shape index (κ2) is 7.67. The molecule has 0 radical (unpaired) electrons. The van der Waals surface area contributed by atoms with Crippen molar-refractivity contribution in [3.63, 3.8) is 0 Å². The SMILES string of the molecule is CC(CNC(=O)OC(C)(C)C)NC1CC(c2cccc(Br)c2)C1. The zero-order chi connectivity index (χ0) is 17.0. The highest BCUT2D eigenvalue weighted by molar-refractivity contribution is 9.10. The number of hydrogen-bond acceptors (Lipinski definition) is 3. The monoisotopic (exact) mass is 382 g/mol. The molecule has 23 heavy (non-hydrogen) atoms. The summed E-state index contributed by atoms with van der Waals surface area (Å²) in [6.45, 7) is 8.26. The number of ether oxygens (including phenoxy) is 1. The van der Waals surface area contributed by atoms with Crippen molar-refractivity contribution in [2.45, 2.75) is 64.1 Å². The normalized spacial score (nSPS) is 22.1. The quantitative estimate of drug-likeness (QED) is 0.801. The number of halogens is 1. The minimum atomic E-state index is -0.452. The van der Waals surface area contributed by atoms with Crippen LogP contribution in [0.4, 0.5) is 4.79 Å². The number of benzene rings is 1. The predicted octanol–water partition coefficient (Wildman–Crippen LogP) is 4.20. The molecule has 0 bridgehead atoms. The fourth-order valence-electron chi connectivity index (χ4n) is 2.80. The van der Waals surface area contributed by atoms with E-state index in [0.717, 1.165) is 17.3 Å². The van der Waals surface area contributed by atoms with Gasteiger partial charge < -0.3 is 15.4 Å². The molecule has 0 spiro atoms. The minimum Gasteiger partial charge on any atom is -0.444 e. The number of alkyl carbamates (subject to hydrolysis) is 1. The Morgan fingerprint density at radius 3 is 2.70 bits per heavy atom. The smallest absolute Gasteiger partial charge is 0.407 e. The van der Waals surface area contributed by atoms with E-state index in [2.05, 4.69) is 57.8 Å². The fraction of sp³-hybridized carbons (Fsp3) is 0.611. The highest BCUT2D eigenvalue weighted by Gasteiger charge is 2.31. The molecule has 1 unspecified atom stereocenters. The molecular formula is C18H27BrN2O2. The third-order valence-electron chi connectivity index (χ3n) is 3.93. The van der Waals surface area contributed by atoms with Crippen molar-refractivity contribution in [1.82, 2.24) is 10.6 Å². The Kier molecular flexibility index (Phi) is 6.09. The largest absolute Gasteiger partial charge is 0.444 e. The summed E-state index contributed by atoms with van der Waals surface area (Å²) in [7, 11) is 0. The minimum absolute atomic E-state index is 0.232. The summed E-state index contributed by atoms with van der Waals surface area (Å²) in [6.07, 6.45) is 1.94. The van der Waals surface area contributed by atoms with Gasteiger partial charge in [-0.25, -0.2) is 4.79 Å². The first-order valence-electron chi connectivity index (χ1n) is 8.21. The number of carbonyl (C=O) groups is 1. The Bertz CT molecular complexity index is 536. The van der Waals surface area contributed by atoms with Gasteiger partial charge in [-0.1, -0.05) is 28.1 Å². The van der Waals surface area contributed by atoms with E-state index in [4.69, 9.17) is 4.74 Å². The molecule has 1 aliphatic carbocycles. The summed E-state index contributed by atoms with van der Waals surface area (Å²) < 4.78 is 6.38. The molecule has 1 fully saturated rings.